The first-order chi connectivity index (χ1) is 11.4. The summed E-state index contributed by atoms with van der Waals surface area (Å²) in [6, 6.07) is 17.9. The van der Waals surface area contributed by atoms with Gasteiger partial charge in [0.25, 0.3) is 0 Å². The minimum absolute atomic E-state index is 0.636. The van der Waals surface area contributed by atoms with Gasteiger partial charge in [-0.1, -0.05) is 92.1 Å². The maximum Gasteiger partial charge on any atom is 0.312 e. The van der Waals surface area contributed by atoms with Crippen LogP contribution < -0.4 is 4.48 Å². The number of pyridine rings is 1. The fraction of sp³-hybridized carbons (Fsp3) is 0.381. The topological polar surface area (TPSA) is 3.88 Å². The number of hydrogen-bond donors (Lipinski definition) is 0. The lowest BCUT2D eigenvalue weighted by atomic mass is 9.14. The molecule has 2 heteroatoms. The first kappa shape index (κ1) is 13.6. The molecule has 2 fully saturated rings. The number of fused-ring (bicyclic) bond motifs is 1. The molecule has 1 aromatic heterocycles. The maximum atomic E-state index is 2.70. The molecule has 3 aliphatic heterocycles. The first-order valence-corrected chi connectivity index (χ1v) is 9.36. The quantitative estimate of drug-likeness (QED) is 0.655. The van der Waals surface area contributed by atoms with Gasteiger partial charge in [-0.3, -0.25) is 0 Å². The molecule has 1 spiro atoms. The van der Waals surface area contributed by atoms with Crippen molar-refractivity contribution in [2.24, 2.45) is 0 Å². The molecule has 0 N–H and O–H groups in total. The van der Waals surface area contributed by atoms with Crippen LogP contribution in [0, 0.1) is 0 Å². The van der Waals surface area contributed by atoms with Crippen LogP contribution in [0.3, 0.4) is 0 Å². The molecule has 0 amide bonds. The van der Waals surface area contributed by atoms with Crippen molar-refractivity contribution in [3.63, 3.8) is 0 Å². The highest BCUT2D eigenvalue weighted by Gasteiger charge is 2.58. The normalized spacial score (nSPS) is 31.7. The Balaban J connectivity index is 1.78. The summed E-state index contributed by atoms with van der Waals surface area (Å²) in [6.07, 6.45) is 12.8. The van der Waals surface area contributed by atoms with E-state index in [0.29, 0.717) is 0 Å². The van der Waals surface area contributed by atoms with Crippen LogP contribution in [0.2, 0.25) is 11.6 Å². The van der Waals surface area contributed by atoms with Gasteiger partial charge in [-0.15, -0.1) is 5.47 Å². The Bertz CT molecular complexity index is 742. The van der Waals surface area contributed by atoms with Gasteiger partial charge in [0.1, 0.15) is 11.9 Å². The van der Waals surface area contributed by atoms with E-state index in [2.05, 4.69) is 65.3 Å². The molecular weight excluding hydrogens is 277 g/mol. The van der Waals surface area contributed by atoms with E-state index in [0.717, 1.165) is 11.6 Å². The molecule has 0 atom stereocenters. The lowest BCUT2D eigenvalue weighted by Crippen LogP contribution is -2.71. The SMILES string of the molecule is C1=C(c2ccccc2)[B-]2(C3CCCC2CCC3)[n+]2ccccc21. The smallest absolute Gasteiger partial charge is 0.312 e. The molecule has 2 bridgehead atoms. The van der Waals surface area contributed by atoms with Crippen LogP contribution in [-0.4, -0.2) is 6.28 Å². The Morgan fingerprint density at radius 2 is 1.43 bits per heavy atom. The molecule has 23 heavy (non-hydrogen) atoms. The fourth-order valence-corrected chi connectivity index (χ4v) is 6.34. The van der Waals surface area contributed by atoms with Crippen molar-refractivity contribution in [1.29, 1.82) is 0 Å². The Hall–Kier alpha value is -1.83. The minimum Gasteiger partial charge on any atom is -0.416 e. The Labute approximate surface area is 139 Å². The van der Waals surface area contributed by atoms with Gasteiger partial charge in [0, 0.05) is 6.07 Å². The summed E-state index contributed by atoms with van der Waals surface area (Å²) in [5.41, 5.74) is 4.52. The van der Waals surface area contributed by atoms with Crippen molar-refractivity contribution < 1.29 is 4.48 Å². The highest BCUT2D eigenvalue weighted by atomic mass is 14.9. The van der Waals surface area contributed by atoms with Crippen molar-refractivity contribution in [3.8, 4) is 0 Å². The summed E-state index contributed by atoms with van der Waals surface area (Å²) < 4.78 is 2.70. The highest BCUT2D eigenvalue weighted by molar-refractivity contribution is 6.94. The summed E-state index contributed by atoms with van der Waals surface area (Å²) in [7, 11) is 0. The van der Waals surface area contributed by atoms with Gasteiger partial charge in [-0.05, 0) is 12.1 Å². The Morgan fingerprint density at radius 3 is 2.13 bits per heavy atom. The minimum atomic E-state index is -0.636. The van der Waals surface area contributed by atoms with Crippen LogP contribution in [0.1, 0.15) is 49.8 Å². The molecule has 116 valence electrons. The van der Waals surface area contributed by atoms with Crippen molar-refractivity contribution in [3.05, 3.63) is 66.0 Å². The van der Waals surface area contributed by atoms with Gasteiger partial charge in [-0.2, -0.15) is 0 Å². The van der Waals surface area contributed by atoms with E-state index in [-0.39, 0.29) is 0 Å². The summed E-state index contributed by atoms with van der Waals surface area (Å²) in [5, 5.41) is 0. The molecule has 0 radical (unpaired) electrons. The third-order valence-corrected chi connectivity index (χ3v) is 7.03. The number of rotatable bonds is 1. The molecule has 3 aliphatic rings. The van der Waals surface area contributed by atoms with E-state index in [9.17, 15) is 0 Å². The zero-order valence-electron chi connectivity index (χ0n) is 13.7. The Kier molecular flexibility index (Phi) is 3.01. The fourth-order valence-electron chi connectivity index (χ4n) is 6.34. The predicted octanol–water partition coefficient (Wildman–Crippen LogP) is 4.97. The van der Waals surface area contributed by atoms with E-state index in [4.69, 9.17) is 0 Å². The van der Waals surface area contributed by atoms with Crippen LogP contribution >= 0.6 is 0 Å². The second-order valence-electron chi connectivity index (χ2n) is 7.83. The molecule has 0 unspecified atom stereocenters. The highest BCUT2D eigenvalue weighted by Crippen LogP contribution is 2.57. The molecule has 2 aromatic rings. The van der Waals surface area contributed by atoms with E-state index in [1.165, 1.54) is 49.8 Å². The van der Waals surface area contributed by atoms with Crippen LogP contribution in [0.5, 0.6) is 0 Å². The standard InChI is InChI=1S/C21H24BN/c1-2-8-17(9-3-1)21-16-20-14-4-5-15-23(20)22(21)18-10-6-11-19(22)13-7-12-18/h1-5,8-9,14-16,18-19H,6-7,10-13H2. The molecular formula is C21H24BN. The Morgan fingerprint density at radius 1 is 0.783 bits per heavy atom. The zero-order valence-corrected chi connectivity index (χ0v) is 13.7. The summed E-state index contributed by atoms with van der Waals surface area (Å²) in [6.45, 7) is 0. The number of nitrogens with zero attached hydrogens (tertiary/aromatic N) is 1. The molecule has 4 heterocycles. The van der Waals surface area contributed by atoms with Crippen LogP contribution in [-0.2, 0) is 0 Å². The molecule has 0 saturated carbocycles. The van der Waals surface area contributed by atoms with Crippen molar-refractivity contribution in [2.75, 3.05) is 0 Å². The molecule has 1 aromatic carbocycles. The monoisotopic (exact) mass is 301 g/mol. The zero-order chi connectivity index (χ0) is 15.3. The van der Waals surface area contributed by atoms with Crippen LogP contribution in [0.15, 0.2) is 54.7 Å². The lowest BCUT2D eigenvalue weighted by molar-refractivity contribution is -0.549. The average molecular weight is 301 g/mol. The average Bonchev–Trinajstić information content (AvgIpc) is 2.91. The predicted molar refractivity (Wildman–Crippen MR) is 97.3 cm³/mol. The van der Waals surface area contributed by atoms with Crippen LogP contribution in [0.4, 0.5) is 0 Å². The van der Waals surface area contributed by atoms with Crippen molar-refractivity contribution in [2.45, 2.75) is 50.2 Å². The van der Waals surface area contributed by atoms with Gasteiger partial charge in [-0.25, -0.2) is 0 Å². The van der Waals surface area contributed by atoms with Gasteiger partial charge < -0.3 is 4.48 Å². The summed E-state index contributed by atoms with van der Waals surface area (Å²) in [5.74, 6) is 1.73. The summed E-state index contributed by atoms with van der Waals surface area (Å²) in [4.78, 5) is 0. The van der Waals surface area contributed by atoms with Crippen molar-refractivity contribution in [1.82, 2.24) is 0 Å². The van der Waals surface area contributed by atoms with Crippen LogP contribution in [0.25, 0.3) is 11.5 Å². The molecule has 1 nitrogen and oxygen atoms in total. The number of aromatic nitrogens is 1. The number of hydrogen-bond acceptors (Lipinski definition) is 0. The second-order valence-corrected chi connectivity index (χ2v) is 7.83. The lowest BCUT2D eigenvalue weighted by Gasteiger charge is -2.53. The molecule has 2 saturated heterocycles. The van der Waals surface area contributed by atoms with E-state index in [1.807, 2.05) is 0 Å². The van der Waals surface area contributed by atoms with Gasteiger partial charge in [0.2, 0.25) is 0 Å². The van der Waals surface area contributed by atoms with Gasteiger partial charge >= 0.3 is 6.28 Å². The second kappa shape index (κ2) is 5.09. The van der Waals surface area contributed by atoms with Gasteiger partial charge in [0.15, 0.2) is 0 Å². The summed E-state index contributed by atoms with van der Waals surface area (Å²) >= 11 is 0. The van der Waals surface area contributed by atoms with E-state index in [1.54, 1.807) is 5.47 Å². The largest absolute Gasteiger partial charge is 0.416 e. The van der Waals surface area contributed by atoms with Crippen molar-refractivity contribution >= 4 is 17.8 Å². The third-order valence-electron chi connectivity index (χ3n) is 7.03. The van der Waals surface area contributed by atoms with E-state index >= 15 is 0 Å². The third kappa shape index (κ3) is 1.78. The molecule has 0 aliphatic carbocycles. The molecule has 5 rings (SSSR count). The van der Waals surface area contributed by atoms with Gasteiger partial charge in [0.05, 0.1) is 0 Å². The number of benzene rings is 1. The van der Waals surface area contributed by atoms with E-state index < -0.39 is 6.28 Å². The first-order valence-electron chi connectivity index (χ1n) is 9.36. The maximum absolute atomic E-state index is 2.70.